The standard InChI is InChI=1S/C16H20BrN3O2S/c1-11-4-5-12(14(17)9-11)6-7-15(21)19-20-16(23)18-10-13-3-2-8-22-13/h4-7,9,13H,2-3,8,10H2,1H3,(H,19,21)(H2,18,20,23)/b7-6+. The highest BCUT2D eigenvalue weighted by atomic mass is 79.9. The van der Waals surface area contributed by atoms with Crippen LogP contribution in [0.5, 0.6) is 0 Å². The Balaban J connectivity index is 1.71. The van der Waals surface area contributed by atoms with Crippen molar-refractivity contribution >= 4 is 45.2 Å². The Labute approximate surface area is 150 Å². The fourth-order valence-electron chi connectivity index (χ4n) is 2.15. The van der Waals surface area contributed by atoms with Gasteiger partial charge in [-0.05, 0) is 55.3 Å². The lowest BCUT2D eigenvalue weighted by Gasteiger charge is -2.13. The molecule has 1 heterocycles. The highest BCUT2D eigenvalue weighted by molar-refractivity contribution is 9.10. The average molecular weight is 398 g/mol. The summed E-state index contributed by atoms with van der Waals surface area (Å²) in [6.07, 6.45) is 5.51. The van der Waals surface area contributed by atoms with Crippen molar-refractivity contribution in [1.82, 2.24) is 16.2 Å². The summed E-state index contributed by atoms with van der Waals surface area (Å²) >= 11 is 8.57. The third kappa shape index (κ3) is 6.29. The molecule has 0 spiro atoms. The quantitative estimate of drug-likeness (QED) is 0.413. The Morgan fingerprint density at radius 1 is 1.48 bits per heavy atom. The van der Waals surface area contributed by atoms with Gasteiger partial charge in [0.2, 0.25) is 0 Å². The van der Waals surface area contributed by atoms with Crippen LogP contribution in [-0.2, 0) is 9.53 Å². The van der Waals surface area contributed by atoms with Crippen LogP contribution in [0.25, 0.3) is 6.08 Å². The number of hydrazine groups is 1. The molecular weight excluding hydrogens is 378 g/mol. The number of halogens is 1. The normalized spacial score (nSPS) is 17.2. The van der Waals surface area contributed by atoms with Gasteiger partial charge in [-0.15, -0.1) is 0 Å². The molecule has 1 fully saturated rings. The first-order valence-corrected chi connectivity index (χ1v) is 8.64. The van der Waals surface area contributed by atoms with E-state index >= 15 is 0 Å². The van der Waals surface area contributed by atoms with Gasteiger partial charge in [0.1, 0.15) is 0 Å². The van der Waals surface area contributed by atoms with E-state index in [2.05, 4.69) is 32.1 Å². The van der Waals surface area contributed by atoms with E-state index in [9.17, 15) is 4.79 Å². The summed E-state index contributed by atoms with van der Waals surface area (Å²) in [5.74, 6) is -0.279. The van der Waals surface area contributed by atoms with Gasteiger partial charge in [-0.25, -0.2) is 0 Å². The van der Waals surface area contributed by atoms with Gasteiger partial charge in [-0.1, -0.05) is 28.1 Å². The Morgan fingerprint density at radius 3 is 3.00 bits per heavy atom. The minimum absolute atomic E-state index is 0.198. The minimum Gasteiger partial charge on any atom is -0.376 e. The van der Waals surface area contributed by atoms with Gasteiger partial charge in [-0.2, -0.15) is 0 Å². The molecule has 0 saturated carbocycles. The predicted molar refractivity (Wildman–Crippen MR) is 98.8 cm³/mol. The second kappa shape index (κ2) is 9.00. The molecule has 124 valence electrons. The Bertz CT molecular complexity index is 601. The van der Waals surface area contributed by atoms with Crippen molar-refractivity contribution in [2.45, 2.75) is 25.9 Å². The average Bonchev–Trinajstić information content (AvgIpc) is 3.03. The molecule has 0 radical (unpaired) electrons. The van der Waals surface area contributed by atoms with Crippen molar-refractivity contribution in [3.05, 3.63) is 39.9 Å². The molecule has 23 heavy (non-hydrogen) atoms. The number of rotatable bonds is 4. The van der Waals surface area contributed by atoms with Crippen molar-refractivity contribution in [1.29, 1.82) is 0 Å². The highest BCUT2D eigenvalue weighted by Gasteiger charge is 2.15. The van der Waals surface area contributed by atoms with E-state index in [0.717, 1.165) is 35.0 Å². The zero-order valence-electron chi connectivity index (χ0n) is 12.9. The van der Waals surface area contributed by atoms with E-state index in [1.807, 2.05) is 25.1 Å². The summed E-state index contributed by atoms with van der Waals surface area (Å²) in [6.45, 7) is 3.47. The van der Waals surface area contributed by atoms with Crippen LogP contribution in [0.2, 0.25) is 0 Å². The third-order valence-corrected chi connectivity index (χ3v) is 4.32. The number of hydrogen-bond donors (Lipinski definition) is 3. The molecule has 1 unspecified atom stereocenters. The summed E-state index contributed by atoms with van der Waals surface area (Å²) in [7, 11) is 0. The zero-order chi connectivity index (χ0) is 16.7. The lowest BCUT2D eigenvalue weighted by atomic mass is 10.1. The monoisotopic (exact) mass is 397 g/mol. The van der Waals surface area contributed by atoms with Crippen molar-refractivity contribution in [2.24, 2.45) is 0 Å². The van der Waals surface area contributed by atoms with E-state index in [1.165, 1.54) is 6.08 Å². The zero-order valence-corrected chi connectivity index (χ0v) is 15.3. The second-order valence-corrected chi connectivity index (χ2v) is 6.58. The van der Waals surface area contributed by atoms with Gasteiger partial charge < -0.3 is 10.1 Å². The van der Waals surface area contributed by atoms with Crippen LogP contribution in [0, 0.1) is 6.92 Å². The summed E-state index contributed by atoms with van der Waals surface area (Å²) in [5, 5.41) is 3.39. The first-order valence-electron chi connectivity index (χ1n) is 7.44. The first kappa shape index (κ1) is 17.9. The van der Waals surface area contributed by atoms with Gasteiger partial charge in [0, 0.05) is 23.7 Å². The Morgan fingerprint density at radius 2 is 2.30 bits per heavy atom. The number of thiocarbonyl (C=S) groups is 1. The van der Waals surface area contributed by atoms with E-state index < -0.39 is 0 Å². The lowest BCUT2D eigenvalue weighted by Crippen LogP contribution is -2.47. The van der Waals surface area contributed by atoms with Crippen LogP contribution in [0.15, 0.2) is 28.7 Å². The van der Waals surface area contributed by atoms with Gasteiger partial charge in [0.15, 0.2) is 5.11 Å². The molecule has 1 amide bonds. The fourth-order valence-corrected chi connectivity index (χ4v) is 2.91. The van der Waals surface area contributed by atoms with Gasteiger partial charge in [0.05, 0.1) is 6.10 Å². The van der Waals surface area contributed by atoms with Crippen LogP contribution in [0.1, 0.15) is 24.0 Å². The molecule has 0 bridgehead atoms. The summed E-state index contributed by atoms with van der Waals surface area (Å²) in [6, 6.07) is 5.94. The van der Waals surface area contributed by atoms with Crippen LogP contribution in [0.4, 0.5) is 0 Å². The van der Waals surface area contributed by atoms with Gasteiger partial charge in [0.25, 0.3) is 5.91 Å². The van der Waals surface area contributed by atoms with Gasteiger partial charge >= 0.3 is 0 Å². The number of nitrogens with one attached hydrogen (secondary N) is 3. The van der Waals surface area contributed by atoms with Crippen molar-refractivity contribution in [2.75, 3.05) is 13.2 Å². The highest BCUT2D eigenvalue weighted by Crippen LogP contribution is 2.19. The van der Waals surface area contributed by atoms with Crippen LogP contribution in [-0.4, -0.2) is 30.3 Å². The third-order valence-electron chi connectivity index (χ3n) is 3.38. The lowest BCUT2D eigenvalue weighted by molar-refractivity contribution is -0.116. The number of hydrogen-bond acceptors (Lipinski definition) is 3. The number of carbonyl (C=O) groups is 1. The molecule has 7 heteroatoms. The van der Waals surface area contributed by atoms with Gasteiger partial charge in [-0.3, -0.25) is 15.6 Å². The van der Waals surface area contributed by atoms with Crippen LogP contribution < -0.4 is 16.2 Å². The number of benzene rings is 1. The maximum absolute atomic E-state index is 11.8. The smallest absolute Gasteiger partial charge is 0.262 e. The Hall–Kier alpha value is -1.44. The molecule has 1 atom stereocenters. The molecule has 1 aromatic carbocycles. The largest absolute Gasteiger partial charge is 0.376 e. The first-order chi connectivity index (χ1) is 11.0. The van der Waals surface area contributed by atoms with Crippen molar-refractivity contribution in [3.63, 3.8) is 0 Å². The van der Waals surface area contributed by atoms with Crippen molar-refractivity contribution < 1.29 is 9.53 Å². The molecule has 1 saturated heterocycles. The summed E-state index contributed by atoms with van der Waals surface area (Å²) in [4.78, 5) is 11.8. The van der Waals surface area contributed by atoms with Crippen LogP contribution in [0.3, 0.4) is 0 Å². The fraction of sp³-hybridized carbons (Fsp3) is 0.375. The number of ether oxygens (including phenoxy) is 1. The molecule has 3 N–H and O–H groups in total. The maximum atomic E-state index is 11.8. The Kier molecular flexibility index (Phi) is 7.01. The molecule has 2 rings (SSSR count). The van der Waals surface area contributed by atoms with Crippen LogP contribution >= 0.6 is 28.1 Å². The minimum atomic E-state index is -0.279. The van der Waals surface area contributed by atoms with Crippen molar-refractivity contribution in [3.8, 4) is 0 Å². The molecule has 1 aromatic rings. The molecule has 1 aliphatic heterocycles. The van der Waals surface area contributed by atoms with E-state index in [4.69, 9.17) is 17.0 Å². The number of amides is 1. The van der Waals surface area contributed by atoms with E-state index in [0.29, 0.717) is 11.7 Å². The SMILES string of the molecule is Cc1ccc(/C=C/C(=O)NNC(=S)NCC2CCCO2)c(Br)c1. The summed E-state index contributed by atoms with van der Waals surface area (Å²) in [5.41, 5.74) is 7.28. The molecule has 5 nitrogen and oxygen atoms in total. The predicted octanol–water partition coefficient (Wildman–Crippen LogP) is 2.45. The maximum Gasteiger partial charge on any atom is 0.262 e. The second-order valence-electron chi connectivity index (χ2n) is 5.32. The molecular formula is C16H20BrN3O2S. The molecule has 0 aliphatic carbocycles. The molecule has 1 aliphatic rings. The van der Waals surface area contributed by atoms with E-state index in [1.54, 1.807) is 6.08 Å². The molecule has 0 aromatic heterocycles. The number of carbonyl (C=O) groups excluding carboxylic acids is 1. The number of aryl methyl sites for hydroxylation is 1. The summed E-state index contributed by atoms with van der Waals surface area (Å²) < 4.78 is 6.43. The topological polar surface area (TPSA) is 62.4 Å². The van der Waals surface area contributed by atoms with E-state index in [-0.39, 0.29) is 12.0 Å².